The molecule has 0 saturated heterocycles. The first-order valence-corrected chi connectivity index (χ1v) is 7.46. The van der Waals surface area contributed by atoms with Gasteiger partial charge in [-0.1, -0.05) is 12.1 Å². The summed E-state index contributed by atoms with van der Waals surface area (Å²) in [6, 6.07) is 9.10. The Morgan fingerprint density at radius 1 is 1.24 bits per heavy atom. The number of anilines is 1. The maximum atomic E-state index is 13.7. The zero-order valence-corrected chi connectivity index (χ0v) is 13.0. The third kappa shape index (κ3) is 2.62. The second-order valence-electron chi connectivity index (χ2n) is 5.03. The fourth-order valence-corrected chi connectivity index (χ4v) is 3.19. The lowest BCUT2D eigenvalue weighted by Gasteiger charge is -2.28. The summed E-state index contributed by atoms with van der Waals surface area (Å²) < 4.78 is 32.4. The fourth-order valence-electron chi connectivity index (χ4n) is 2.63. The lowest BCUT2D eigenvalue weighted by atomic mass is 9.93. The zero-order chi connectivity index (χ0) is 15.0. The van der Waals surface area contributed by atoms with Gasteiger partial charge in [-0.15, -0.1) is 0 Å². The van der Waals surface area contributed by atoms with Gasteiger partial charge >= 0.3 is 0 Å². The molecule has 2 nitrogen and oxygen atoms in total. The third-order valence-electron chi connectivity index (χ3n) is 3.78. The predicted molar refractivity (Wildman–Crippen MR) is 81.7 cm³/mol. The van der Waals surface area contributed by atoms with Crippen molar-refractivity contribution in [1.29, 1.82) is 0 Å². The lowest BCUT2D eigenvalue weighted by molar-refractivity contribution is 0.414. The summed E-state index contributed by atoms with van der Waals surface area (Å²) in [5, 5.41) is 3.29. The third-order valence-corrected chi connectivity index (χ3v) is 4.53. The van der Waals surface area contributed by atoms with Crippen molar-refractivity contribution in [2.75, 3.05) is 12.4 Å². The Kier molecular flexibility index (Phi) is 3.85. The van der Waals surface area contributed by atoms with E-state index < -0.39 is 11.6 Å². The van der Waals surface area contributed by atoms with Crippen LogP contribution in [0, 0.1) is 11.6 Å². The standard InChI is InChI=1S/C16H14BrF2NO/c1-21-11-5-2-9(3-6-11)13-7-4-10-8-12(18)15(19)14(17)16(10)20-13/h2-3,5-6,8,13,20H,4,7H2,1H3. The van der Waals surface area contributed by atoms with E-state index in [1.54, 1.807) is 7.11 Å². The highest BCUT2D eigenvalue weighted by atomic mass is 79.9. The summed E-state index contributed by atoms with van der Waals surface area (Å²) in [7, 11) is 1.62. The van der Waals surface area contributed by atoms with Crippen LogP contribution in [-0.2, 0) is 6.42 Å². The molecule has 0 amide bonds. The number of aryl methyl sites for hydroxylation is 1. The molecule has 0 bridgehead atoms. The minimum absolute atomic E-state index is 0.0737. The summed E-state index contributed by atoms with van der Waals surface area (Å²) in [6.07, 6.45) is 1.53. The van der Waals surface area contributed by atoms with Gasteiger partial charge in [0, 0.05) is 0 Å². The second kappa shape index (κ2) is 5.64. The molecule has 1 heterocycles. The number of halogens is 3. The van der Waals surface area contributed by atoms with Crippen LogP contribution in [0.4, 0.5) is 14.5 Å². The average Bonchev–Trinajstić information content (AvgIpc) is 2.53. The normalized spacial score (nSPS) is 17.0. The molecule has 3 rings (SSSR count). The van der Waals surface area contributed by atoms with Crippen LogP contribution in [0.5, 0.6) is 5.75 Å². The molecule has 1 aliphatic heterocycles. The van der Waals surface area contributed by atoms with E-state index >= 15 is 0 Å². The summed E-state index contributed by atoms with van der Waals surface area (Å²) in [5.74, 6) is -0.869. The van der Waals surface area contributed by atoms with Crippen LogP contribution < -0.4 is 10.1 Å². The molecule has 1 aliphatic rings. The van der Waals surface area contributed by atoms with Crippen molar-refractivity contribution in [3.8, 4) is 5.75 Å². The number of nitrogens with one attached hydrogen (secondary N) is 1. The van der Waals surface area contributed by atoms with Crippen LogP contribution in [0.1, 0.15) is 23.6 Å². The number of rotatable bonds is 2. The Morgan fingerprint density at radius 2 is 1.95 bits per heavy atom. The Morgan fingerprint density at radius 3 is 2.62 bits per heavy atom. The van der Waals surface area contributed by atoms with Crippen LogP contribution in [0.25, 0.3) is 0 Å². The van der Waals surface area contributed by atoms with Crippen molar-refractivity contribution in [3.63, 3.8) is 0 Å². The maximum Gasteiger partial charge on any atom is 0.175 e. The van der Waals surface area contributed by atoms with E-state index in [4.69, 9.17) is 4.74 Å². The Hall–Kier alpha value is -1.62. The molecule has 1 atom stereocenters. The molecule has 1 unspecified atom stereocenters. The van der Waals surface area contributed by atoms with E-state index in [1.807, 2.05) is 24.3 Å². The molecule has 1 N–H and O–H groups in total. The van der Waals surface area contributed by atoms with Gasteiger partial charge in [0.2, 0.25) is 0 Å². The lowest BCUT2D eigenvalue weighted by Crippen LogP contribution is -2.19. The smallest absolute Gasteiger partial charge is 0.175 e. The fraction of sp³-hybridized carbons (Fsp3) is 0.250. The monoisotopic (exact) mass is 353 g/mol. The van der Waals surface area contributed by atoms with E-state index in [9.17, 15) is 8.78 Å². The van der Waals surface area contributed by atoms with E-state index in [0.29, 0.717) is 12.1 Å². The predicted octanol–water partition coefficient (Wildman–Crippen LogP) is 4.84. The molecule has 5 heteroatoms. The number of hydrogen-bond acceptors (Lipinski definition) is 2. The number of ether oxygens (including phenoxy) is 1. The van der Waals surface area contributed by atoms with Crippen LogP contribution in [0.2, 0.25) is 0 Å². The van der Waals surface area contributed by atoms with Crippen LogP contribution in [0.3, 0.4) is 0 Å². The van der Waals surface area contributed by atoms with Gasteiger partial charge in [0.05, 0.1) is 23.3 Å². The molecule has 0 spiro atoms. The van der Waals surface area contributed by atoms with E-state index in [-0.39, 0.29) is 10.5 Å². The molecule has 0 aromatic heterocycles. The molecule has 0 aliphatic carbocycles. The molecular weight excluding hydrogens is 340 g/mol. The Labute approximate surface area is 130 Å². The molecule has 21 heavy (non-hydrogen) atoms. The van der Waals surface area contributed by atoms with E-state index in [0.717, 1.165) is 23.3 Å². The Bertz CT molecular complexity index is 673. The van der Waals surface area contributed by atoms with Gasteiger partial charge in [-0.2, -0.15) is 0 Å². The average molecular weight is 354 g/mol. The van der Waals surface area contributed by atoms with Gasteiger partial charge in [-0.05, 0) is 58.1 Å². The zero-order valence-electron chi connectivity index (χ0n) is 11.4. The number of benzene rings is 2. The van der Waals surface area contributed by atoms with Crippen LogP contribution >= 0.6 is 15.9 Å². The van der Waals surface area contributed by atoms with Crippen molar-refractivity contribution >= 4 is 21.6 Å². The highest BCUT2D eigenvalue weighted by molar-refractivity contribution is 9.10. The first-order chi connectivity index (χ1) is 10.1. The van der Waals surface area contributed by atoms with Gasteiger partial charge in [0.1, 0.15) is 5.75 Å². The maximum absolute atomic E-state index is 13.7. The molecule has 2 aromatic carbocycles. The minimum Gasteiger partial charge on any atom is -0.497 e. The quantitative estimate of drug-likeness (QED) is 0.780. The SMILES string of the molecule is COc1ccc(C2CCc3cc(F)c(F)c(Br)c3N2)cc1. The van der Waals surface area contributed by atoms with Crippen LogP contribution in [0.15, 0.2) is 34.8 Å². The van der Waals surface area contributed by atoms with Gasteiger partial charge in [-0.25, -0.2) is 8.78 Å². The van der Waals surface area contributed by atoms with E-state index in [1.165, 1.54) is 6.07 Å². The number of methoxy groups -OCH3 is 1. The molecular formula is C16H14BrF2NO. The molecule has 110 valence electrons. The van der Waals surface area contributed by atoms with Crippen LogP contribution in [-0.4, -0.2) is 7.11 Å². The van der Waals surface area contributed by atoms with Gasteiger partial charge < -0.3 is 10.1 Å². The summed E-state index contributed by atoms with van der Waals surface area (Å²) in [4.78, 5) is 0. The summed E-state index contributed by atoms with van der Waals surface area (Å²) >= 11 is 3.14. The van der Waals surface area contributed by atoms with E-state index in [2.05, 4.69) is 21.2 Å². The summed E-state index contributed by atoms with van der Waals surface area (Å²) in [5.41, 5.74) is 2.53. The van der Waals surface area contributed by atoms with Crippen molar-refractivity contribution < 1.29 is 13.5 Å². The molecule has 0 fully saturated rings. The summed E-state index contributed by atoms with van der Waals surface area (Å²) in [6.45, 7) is 0. The minimum atomic E-state index is -0.850. The molecule has 0 radical (unpaired) electrons. The molecule has 0 saturated carbocycles. The topological polar surface area (TPSA) is 21.3 Å². The van der Waals surface area contributed by atoms with Gasteiger partial charge in [-0.3, -0.25) is 0 Å². The van der Waals surface area contributed by atoms with Crippen molar-refractivity contribution in [2.24, 2.45) is 0 Å². The first kappa shape index (κ1) is 14.3. The number of hydrogen-bond donors (Lipinski definition) is 1. The van der Waals surface area contributed by atoms with Crippen molar-refractivity contribution in [3.05, 3.63) is 57.6 Å². The molecule has 2 aromatic rings. The first-order valence-electron chi connectivity index (χ1n) is 6.67. The van der Waals surface area contributed by atoms with Crippen molar-refractivity contribution in [1.82, 2.24) is 0 Å². The van der Waals surface area contributed by atoms with Crippen molar-refractivity contribution in [2.45, 2.75) is 18.9 Å². The Balaban J connectivity index is 1.91. The second-order valence-corrected chi connectivity index (χ2v) is 5.82. The highest BCUT2D eigenvalue weighted by Gasteiger charge is 2.24. The van der Waals surface area contributed by atoms with Gasteiger partial charge in [0.15, 0.2) is 11.6 Å². The highest BCUT2D eigenvalue weighted by Crippen LogP contribution is 2.39. The van der Waals surface area contributed by atoms with Gasteiger partial charge in [0.25, 0.3) is 0 Å². The largest absolute Gasteiger partial charge is 0.497 e. The number of fused-ring (bicyclic) bond motifs is 1.